The average molecular weight is 568 g/mol. The summed E-state index contributed by atoms with van der Waals surface area (Å²) in [6.07, 6.45) is -3.02. The summed E-state index contributed by atoms with van der Waals surface area (Å²) in [6, 6.07) is 3.19. The van der Waals surface area contributed by atoms with E-state index in [4.69, 9.17) is 36.9 Å². The maximum absolute atomic E-state index is 12.0. The summed E-state index contributed by atoms with van der Waals surface area (Å²) in [5, 5.41) is 15.5. The average Bonchev–Trinajstić information content (AvgIpc) is 3.29. The lowest BCUT2D eigenvalue weighted by atomic mass is 9.92. The molecule has 0 bridgehead atoms. The molecule has 1 aliphatic rings. The Morgan fingerprint density at radius 3 is 2.45 bits per heavy atom. The fourth-order valence-corrected chi connectivity index (χ4v) is 4.43. The van der Waals surface area contributed by atoms with Crippen LogP contribution in [0.15, 0.2) is 30.0 Å². The highest BCUT2D eigenvalue weighted by atomic mass is 32.1. The summed E-state index contributed by atoms with van der Waals surface area (Å²) in [4.78, 5) is 47.0. The third kappa shape index (κ3) is 7.56. The SMILES string of the molecule is CC(=O)OC[C@@H](OC(C)=O)[C@@H](OC(C)=O)[C@@H]1OC(C(=O)O)=C[C@H](N)[C@H]1NC(=S)Nc1ccc2nsnc2c1. The van der Waals surface area contributed by atoms with E-state index in [2.05, 4.69) is 19.4 Å². The Balaban J connectivity index is 1.92. The van der Waals surface area contributed by atoms with Crippen LogP contribution in [0.5, 0.6) is 0 Å². The normalized spacial score (nSPS) is 20.2. The summed E-state index contributed by atoms with van der Waals surface area (Å²) < 4.78 is 29.6. The van der Waals surface area contributed by atoms with Crippen LogP contribution >= 0.6 is 23.9 Å². The molecule has 0 aliphatic carbocycles. The molecule has 14 nitrogen and oxygen atoms in total. The first kappa shape index (κ1) is 28.7. The van der Waals surface area contributed by atoms with E-state index in [-0.39, 0.29) is 5.11 Å². The summed E-state index contributed by atoms with van der Waals surface area (Å²) in [6.45, 7) is 2.83. The number of hydrogen-bond acceptors (Lipinski definition) is 13. The van der Waals surface area contributed by atoms with Crippen molar-refractivity contribution in [3.8, 4) is 0 Å². The maximum atomic E-state index is 12.0. The number of carbonyl (C=O) groups is 4. The second-order valence-electron chi connectivity index (χ2n) is 8.11. The van der Waals surface area contributed by atoms with Gasteiger partial charge in [-0.2, -0.15) is 8.75 Å². The molecule has 1 aliphatic heterocycles. The van der Waals surface area contributed by atoms with Crippen molar-refractivity contribution in [1.82, 2.24) is 14.1 Å². The van der Waals surface area contributed by atoms with Gasteiger partial charge in [0.1, 0.15) is 17.6 Å². The molecule has 0 saturated carbocycles. The smallest absolute Gasteiger partial charge is 0.370 e. The number of aliphatic carboxylic acids is 1. The van der Waals surface area contributed by atoms with Crippen LogP contribution in [0.25, 0.3) is 11.0 Å². The number of aromatic nitrogens is 2. The van der Waals surface area contributed by atoms with Gasteiger partial charge in [-0.05, 0) is 36.5 Å². The summed E-state index contributed by atoms with van der Waals surface area (Å²) in [7, 11) is 0. The number of thiocarbonyl (C=S) groups is 1. The number of benzene rings is 1. The van der Waals surface area contributed by atoms with Crippen molar-refractivity contribution in [2.45, 2.75) is 51.2 Å². The molecule has 5 N–H and O–H groups in total. The predicted octanol–water partition coefficient (Wildman–Crippen LogP) is 0.467. The largest absolute Gasteiger partial charge is 0.477 e. The molecule has 1 aromatic heterocycles. The molecular weight excluding hydrogens is 542 g/mol. The Labute approximate surface area is 225 Å². The Morgan fingerprint density at radius 1 is 1.13 bits per heavy atom. The van der Waals surface area contributed by atoms with Gasteiger partial charge in [-0.3, -0.25) is 14.4 Å². The monoisotopic (exact) mass is 567 g/mol. The standard InChI is InChI=1S/C22H25N5O9S2/c1-9(28)33-8-17(34-10(2)29)19(35-11(3)30)20-18(13(23)7-16(36-20)21(31)32)25-22(37)24-12-4-5-14-15(6-12)27-38-26-14/h4-7,13,17-20H,8,23H2,1-3H3,(H,31,32)(H2,24,25,37)/t13-,17+,18+,19+,20+/m0/s1. The van der Waals surface area contributed by atoms with E-state index in [1.165, 1.54) is 0 Å². The number of nitrogens with one attached hydrogen (secondary N) is 2. The van der Waals surface area contributed by atoms with Crippen molar-refractivity contribution < 1.29 is 43.2 Å². The lowest BCUT2D eigenvalue weighted by Gasteiger charge is -2.41. The van der Waals surface area contributed by atoms with Gasteiger partial charge in [-0.15, -0.1) is 0 Å². The van der Waals surface area contributed by atoms with Crippen molar-refractivity contribution in [3.63, 3.8) is 0 Å². The van der Waals surface area contributed by atoms with Gasteiger partial charge >= 0.3 is 23.9 Å². The molecular formula is C22H25N5O9S2. The second kappa shape index (κ2) is 12.6. The Morgan fingerprint density at radius 2 is 1.82 bits per heavy atom. The first-order chi connectivity index (χ1) is 17.9. The zero-order valence-electron chi connectivity index (χ0n) is 20.4. The molecule has 16 heteroatoms. The van der Waals surface area contributed by atoms with E-state index in [9.17, 15) is 24.3 Å². The van der Waals surface area contributed by atoms with E-state index in [1.807, 2.05) is 0 Å². The number of carboxylic acids is 1. The molecule has 3 rings (SSSR count). The van der Waals surface area contributed by atoms with Crippen LogP contribution in [-0.2, 0) is 38.1 Å². The number of rotatable bonds is 9. The molecule has 5 atom stereocenters. The van der Waals surface area contributed by atoms with Crippen LogP contribution in [0, 0.1) is 0 Å². The number of esters is 3. The van der Waals surface area contributed by atoms with Crippen LogP contribution in [0.3, 0.4) is 0 Å². The van der Waals surface area contributed by atoms with Gasteiger partial charge in [0.15, 0.2) is 23.4 Å². The van der Waals surface area contributed by atoms with E-state index in [0.717, 1.165) is 38.6 Å². The fraction of sp³-hybridized carbons (Fsp3) is 0.409. The number of hydrogen-bond donors (Lipinski definition) is 4. The van der Waals surface area contributed by atoms with Gasteiger partial charge < -0.3 is 40.4 Å². The maximum Gasteiger partial charge on any atom is 0.370 e. The Kier molecular flexibility index (Phi) is 9.49. The highest BCUT2D eigenvalue weighted by Gasteiger charge is 2.47. The first-order valence-corrected chi connectivity index (χ1v) is 12.2. The fourth-order valence-electron chi connectivity index (χ4n) is 3.66. The Hall–Kier alpha value is -3.89. The third-order valence-corrected chi connectivity index (χ3v) is 5.93. The molecule has 0 unspecified atom stereocenters. The number of nitrogens with zero attached hydrogens (tertiary/aromatic N) is 2. The highest BCUT2D eigenvalue weighted by Crippen LogP contribution is 2.26. The van der Waals surface area contributed by atoms with Crippen molar-refractivity contribution in [3.05, 3.63) is 30.0 Å². The predicted molar refractivity (Wildman–Crippen MR) is 137 cm³/mol. The van der Waals surface area contributed by atoms with Crippen LogP contribution < -0.4 is 16.4 Å². The number of anilines is 1. The molecule has 0 spiro atoms. The topological polar surface area (TPSA) is 201 Å². The quantitative estimate of drug-likeness (QED) is 0.185. The minimum Gasteiger partial charge on any atom is -0.477 e. The van der Waals surface area contributed by atoms with E-state index >= 15 is 0 Å². The van der Waals surface area contributed by atoms with Gasteiger partial charge in [-0.25, -0.2) is 4.79 Å². The third-order valence-electron chi connectivity index (χ3n) is 5.16. The summed E-state index contributed by atoms with van der Waals surface area (Å²) >= 11 is 6.50. The molecule has 0 radical (unpaired) electrons. The van der Waals surface area contributed by atoms with Crippen LogP contribution in [0.4, 0.5) is 5.69 Å². The van der Waals surface area contributed by atoms with E-state index < -0.39 is 66.6 Å². The van der Waals surface area contributed by atoms with E-state index in [0.29, 0.717) is 16.7 Å². The van der Waals surface area contributed by atoms with Gasteiger partial charge in [0.05, 0.1) is 23.8 Å². The van der Waals surface area contributed by atoms with Gasteiger partial charge in [0.25, 0.3) is 0 Å². The molecule has 0 saturated heterocycles. The van der Waals surface area contributed by atoms with Gasteiger partial charge in [0.2, 0.25) is 5.76 Å². The minimum absolute atomic E-state index is 0.0689. The van der Waals surface area contributed by atoms with Crippen molar-refractivity contribution in [2.75, 3.05) is 11.9 Å². The number of fused-ring (bicyclic) bond motifs is 1. The molecule has 0 amide bonds. The molecule has 2 aromatic rings. The molecule has 1 aromatic carbocycles. The number of carbonyl (C=O) groups excluding carboxylic acids is 3. The second-order valence-corrected chi connectivity index (χ2v) is 9.05. The molecule has 38 heavy (non-hydrogen) atoms. The Bertz CT molecular complexity index is 1270. The molecule has 0 fully saturated rings. The van der Waals surface area contributed by atoms with Crippen LogP contribution in [-0.4, -0.2) is 79.8 Å². The highest BCUT2D eigenvalue weighted by molar-refractivity contribution is 7.80. The summed E-state index contributed by atoms with van der Waals surface area (Å²) in [5.74, 6) is -4.22. The van der Waals surface area contributed by atoms with Crippen molar-refractivity contribution >= 4 is 69.7 Å². The first-order valence-electron chi connectivity index (χ1n) is 11.1. The summed E-state index contributed by atoms with van der Waals surface area (Å²) in [5.41, 5.74) is 8.21. The van der Waals surface area contributed by atoms with Crippen LogP contribution in [0.1, 0.15) is 20.8 Å². The van der Waals surface area contributed by atoms with Gasteiger partial charge in [-0.1, -0.05) is 0 Å². The number of carboxylic acid groups (broad SMARTS) is 1. The number of ether oxygens (including phenoxy) is 4. The zero-order valence-corrected chi connectivity index (χ0v) is 22.0. The lowest BCUT2D eigenvalue weighted by molar-refractivity contribution is -0.187. The minimum atomic E-state index is -1.46. The van der Waals surface area contributed by atoms with Crippen molar-refractivity contribution in [2.24, 2.45) is 5.73 Å². The zero-order chi connectivity index (χ0) is 28.0. The molecule has 204 valence electrons. The van der Waals surface area contributed by atoms with E-state index in [1.54, 1.807) is 18.2 Å². The van der Waals surface area contributed by atoms with Crippen molar-refractivity contribution in [1.29, 1.82) is 0 Å². The van der Waals surface area contributed by atoms with Crippen LogP contribution in [0.2, 0.25) is 0 Å². The number of nitrogens with two attached hydrogens (primary N) is 1. The molecule has 2 heterocycles. The lowest BCUT2D eigenvalue weighted by Crippen LogP contribution is -2.63. The van der Waals surface area contributed by atoms with Gasteiger partial charge in [0, 0.05) is 26.5 Å².